The van der Waals surface area contributed by atoms with E-state index in [-0.39, 0.29) is 12.1 Å². The number of rotatable bonds is 2. The molecule has 2 nitrogen and oxygen atoms in total. The largest absolute Gasteiger partial charge is 0.458 e. The first-order valence-corrected chi connectivity index (χ1v) is 8.69. The van der Waals surface area contributed by atoms with Crippen molar-refractivity contribution in [3.8, 4) is 0 Å². The van der Waals surface area contributed by atoms with Gasteiger partial charge in [-0.1, -0.05) is 33.6 Å². The summed E-state index contributed by atoms with van der Waals surface area (Å²) >= 11 is 4.76. The number of esters is 1. The highest BCUT2D eigenvalue weighted by molar-refractivity contribution is 9.10. The molecule has 1 aromatic heterocycles. The molecule has 0 radical (unpaired) electrons. The summed E-state index contributed by atoms with van der Waals surface area (Å²) in [7, 11) is 0. The molecule has 0 aliphatic heterocycles. The molecule has 1 fully saturated rings. The van der Waals surface area contributed by atoms with Crippen molar-refractivity contribution in [2.24, 2.45) is 5.92 Å². The van der Waals surface area contributed by atoms with Crippen LogP contribution in [-0.2, 0) is 4.74 Å². The van der Waals surface area contributed by atoms with Crippen molar-refractivity contribution in [1.82, 2.24) is 0 Å². The molecule has 0 spiro atoms. The van der Waals surface area contributed by atoms with Crippen LogP contribution in [0.25, 0.3) is 0 Å². The first-order chi connectivity index (χ1) is 9.06. The summed E-state index contributed by atoms with van der Waals surface area (Å²) < 4.78 is 6.46. The maximum Gasteiger partial charge on any atom is 0.348 e. The Morgan fingerprint density at radius 3 is 2.68 bits per heavy atom. The van der Waals surface area contributed by atoms with Crippen LogP contribution in [0.3, 0.4) is 0 Å². The Morgan fingerprint density at radius 2 is 2.16 bits per heavy atom. The lowest BCUT2D eigenvalue weighted by atomic mass is 9.89. The zero-order valence-corrected chi connectivity index (χ0v) is 14.4. The molecule has 2 atom stereocenters. The van der Waals surface area contributed by atoms with Crippen LogP contribution in [-0.4, -0.2) is 12.1 Å². The summed E-state index contributed by atoms with van der Waals surface area (Å²) in [5.41, 5.74) is 0. The highest BCUT2D eigenvalue weighted by Crippen LogP contribution is 2.27. The topological polar surface area (TPSA) is 26.3 Å². The normalized spacial score (nSPS) is 22.3. The molecule has 0 bridgehead atoms. The van der Waals surface area contributed by atoms with Crippen LogP contribution in [0.15, 0.2) is 15.9 Å². The molecule has 0 saturated heterocycles. The zero-order chi connectivity index (χ0) is 14.3. The third kappa shape index (κ3) is 6.09. The van der Waals surface area contributed by atoms with Gasteiger partial charge in [-0.25, -0.2) is 4.79 Å². The fourth-order valence-electron chi connectivity index (χ4n) is 2.12. The van der Waals surface area contributed by atoms with Gasteiger partial charge in [-0.05, 0) is 47.2 Å². The van der Waals surface area contributed by atoms with Gasteiger partial charge in [-0.2, -0.15) is 0 Å². The van der Waals surface area contributed by atoms with Crippen molar-refractivity contribution in [2.75, 3.05) is 0 Å². The predicted molar refractivity (Wildman–Crippen MR) is 84.8 cm³/mol. The van der Waals surface area contributed by atoms with E-state index in [2.05, 4.69) is 36.7 Å². The smallest absolute Gasteiger partial charge is 0.348 e. The molecule has 1 aromatic rings. The summed E-state index contributed by atoms with van der Waals surface area (Å²) in [6, 6.07) is 1.82. The number of carbonyl (C=O) groups excluding carboxylic acids is 1. The first kappa shape index (κ1) is 16.7. The van der Waals surface area contributed by atoms with Gasteiger partial charge < -0.3 is 4.74 Å². The van der Waals surface area contributed by atoms with Gasteiger partial charge in [0, 0.05) is 9.85 Å². The number of ether oxygens (including phenoxy) is 1. The van der Waals surface area contributed by atoms with Crippen LogP contribution in [0.1, 0.15) is 62.5 Å². The second kappa shape index (κ2) is 8.75. The van der Waals surface area contributed by atoms with Gasteiger partial charge >= 0.3 is 5.97 Å². The molecule has 0 amide bonds. The van der Waals surface area contributed by atoms with E-state index in [0.29, 0.717) is 10.8 Å². The summed E-state index contributed by atoms with van der Waals surface area (Å²) in [6.45, 7) is 6.47. The maximum absolute atomic E-state index is 11.8. The van der Waals surface area contributed by atoms with Crippen LogP contribution < -0.4 is 0 Å². The Labute approximate surface area is 128 Å². The molecule has 0 aromatic carbocycles. The Hall–Kier alpha value is -0.350. The molecule has 19 heavy (non-hydrogen) atoms. The minimum Gasteiger partial charge on any atom is -0.458 e. The summed E-state index contributed by atoms with van der Waals surface area (Å²) in [6.07, 6.45) is 5.84. The lowest BCUT2D eigenvalue weighted by Crippen LogP contribution is -2.24. The Bertz CT molecular complexity index is 389. The minimum absolute atomic E-state index is 0.122. The zero-order valence-electron chi connectivity index (χ0n) is 11.9. The molecule has 2 unspecified atom stereocenters. The molecule has 1 heterocycles. The van der Waals surface area contributed by atoms with Crippen molar-refractivity contribution >= 4 is 33.2 Å². The lowest BCUT2D eigenvalue weighted by molar-refractivity contribution is 0.0160. The Morgan fingerprint density at radius 1 is 1.47 bits per heavy atom. The average Bonchev–Trinajstić information content (AvgIpc) is 2.77. The fraction of sp³-hybridized carbons (Fsp3) is 0.667. The highest BCUT2D eigenvalue weighted by Gasteiger charge is 2.23. The van der Waals surface area contributed by atoms with E-state index in [9.17, 15) is 4.79 Å². The molecule has 1 aliphatic rings. The summed E-state index contributed by atoms with van der Waals surface area (Å²) in [5, 5.41) is 1.90. The van der Waals surface area contributed by atoms with Crippen LogP contribution >= 0.6 is 27.3 Å². The van der Waals surface area contributed by atoms with Gasteiger partial charge in [0.15, 0.2) is 0 Å². The Balaban J connectivity index is 0.000000550. The van der Waals surface area contributed by atoms with Crippen LogP contribution in [0.2, 0.25) is 0 Å². The van der Waals surface area contributed by atoms with E-state index >= 15 is 0 Å². The van der Waals surface area contributed by atoms with E-state index in [0.717, 1.165) is 17.3 Å². The molecule has 4 heteroatoms. The molecular weight excluding hydrogens is 324 g/mol. The number of carbonyl (C=O) groups is 1. The lowest BCUT2D eigenvalue weighted by Gasteiger charge is -2.26. The number of halogens is 1. The average molecular weight is 347 g/mol. The standard InChI is InChI=1S/C12H15BrO2S.C3H8/c1-8-3-2-4-10(5-8)15-12(14)11-6-9(13)7-16-11;1-3-2/h6-8,10H,2-5H2,1H3;3H2,1-2H3. The van der Waals surface area contributed by atoms with Gasteiger partial charge in [0.25, 0.3) is 0 Å². The molecular formula is C15H23BrO2S. The predicted octanol–water partition coefficient (Wildman–Crippen LogP) is 5.66. The molecule has 1 saturated carbocycles. The monoisotopic (exact) mass is 346 g/mol. The van der Waals surface area contributed by atoms with Gasteiger partial charge in [0.1, 0.15) is 11.0 Å². The van der Waals surface area contributed by atoms with E-state index < -0.39 is 0 Å². The molecule has 108 valence electrons. The van der Waals surface area contributed by atoms with Crippen LogP contribution in [0.5, 0.6) is 0 Å². The molecule has 2 rings (SSSR count). The van der Waals surface area contributed by atoms with Crippen molar-refractivity contribution in [3.63, 3.8) is 0 Å². The number of thiophene rings is 1. The van der Waals surface area contributed by atoms with E-state index in [1.165, 1.54) is 30.6 Å². The Kier molecular flexibility index (Phi) is 7.69. The third-order valence-electron chi connectivity index (χ3n) is 2.93. The van der Waals surface area contributed by atoms with Gasteiger partial charge in [-0.3, -0.25) is 0 Å². The molecule has 0 N–H and O–H groups in total. The van der Waals surface area contributed by atoms with Crippen LogP contribution in [0.4, 0.5) is 0 Å². The number of hydrogen-bond acceptors (Lipinski definition) is 3. The second-order valence-corrected chi connectivity index (χ2v) is 6.96. The first-order valence-electron chi connectivity index (χ1n) is 7.01. The number of hydrogen-bond donors (Lipinski definition) is 0. The van der Waals surface area contributed by atoms with Gasteiger partial charge in [0.2, 0.25) is 0 Å². The van der Waals surface area contributed by atoms with Gasteiger partial charge in [0.05, 0.1) is 0 Å². The van der Waals surface area contributed by atoms with Crippen molar-refractivity contribution in [1.29, 1.82) is 0 Å². The quantitative estimate of drug-likeness (QED) is 0.645. The van der Waals surface area contributed by atoms with E-state index in [4.69, 9.17) is 4.74 Å². The van der Waals surface area contributed by atoms with Crippen molar-refractivity contribution in [3.05, 3.63) is 20.8 Å². The third-order valence-corrected chi connectivity index (χ3v) is 4.60. The fourth-order valence-corrected chi connectivity index (χ4v) is 3.42. The summed E-state index contributed by atoms with van der Waals surface area (Å²) in [5.74, 6) is 0.511. The van der Waals surface area contributed by atoms with E-state index in [1.54, 1.807) is 0 Å². The summed E-state index contributed by atoms with van der Waals surface area (Å²) in [4.78, 5) is 12.5. The van der Waals surface area contributed by atoms with Gasteiger partial charge in [-0.15, -0.1) is 11.3 Å². The van der Waals surface area contributed by atoms with Crippen molar-refractivity contribution < 1.29 is 9.53 Å². The van der Waals surface area contributed by atoms with Crippen LogP contribution in [0, 0.1) is 5.92 Å². The highest BCUT2D eigenvalue weighted by atomic mass is 79.9. The molecule has 1 aliphatic carbocycles. The minimum atomic E-state index is -0.171. The van der Waals surface area contributed by atoms with Crippen molar-refractivity contribution in [2.45, 2.75) is 59.0 Å². The SMILES string of the molecule is CC1CCCC(OC(=O)c2cc(Br)cs2)C1.CCC. The van der Waals surface area contributed by atoms with E-state index in [1.807, 2.05) is 11.4 Å². The maximum atomic E-state index is 11.8. The second-order valence-electron chi connectivity index (χ2n) is 5.14.